The summed E-state index contributed by atoms with van der Waals surface area (Å²) in [4.78, 5) is 16.2. The summed E-state index contributed by atoms with van der Waals surface area (Å²) in [5.41, 5.74) is 0.553. The van der Waals surface area contributed by atoms with Crippen LogP contribution in [0.3, 0.4) is 0 Å². The fourth-order valence-electron chi connectivity index (χ4n) is 5.20. The molecule has 6 nitrogen and oxygen atoms in total. The zero-order valence-corrected chi connectivity index (χ0v) is 21.8. The minimum Gasteiger partial charge on any atom is -0.326 e. The minimum absolute atomic E-state index is 0.00397. The van der Waals surface area contributed by atoms with Crippen molar-refractivity contribution < 1.29 is 18.0 Å². The number of carbonyl (C=O) groups excluding carboxylic acids is 1. The molecule has 10 heteroatoms. The Morgan fingerprint density at radius 1 is 1.29 bits per heavy atom. The van der Waals surface area contributed by atoms with E-state index in [4.69, 9.17) is 0 Å². The maximum absolute atomic E-state index is 14.0. The van der Waals surface area contributed by atoms with Gasteiger partial charge in [-0.25, -0.2) is 0 Å². The second kappa shape index (κ2) is 9.94. The molecule has 38 heavy (non-hydrogen) atoms. The summed E-state index contributed by atoms with van der Waals surface area (Å²) in [5.74, 6) is 5.12. The highest BCUT2D eigenvalue weighted by Gasteiger charge is 2.39. The van der Waals surface area contributed by atoms with E-state index in [9.17, 15) is 23.2 Å². The number of aromatic nitrogens is 2. The lowest BCUT2D eigenvalue weighted by atomic mass is 9.83. The van der Waals surface area contributed by atoms with Crippen LogP contribution in [0.25, 0.3) is 11.1 Å². The number of fused-ring (bicyclic) bond motifs is 1. The van der Waals surface area contributed by atoms with E-state index in [1.807, 2.05) is 6.92 Å². The van der Waals surface area contributed by atoms with Crippen LogP contribution in [0.5, 0.6) is 0 Å². The highest BCUT2D eigenvalue weighted by molar-refractivity contribution is 7.12. The summed E-state index contributed by atoms with van der Waals surface area (Å²) >= 11 is 1.30. The van der Waals surface area contributed by atoms with Crippen LogP contribution in [0.4, 0.5) is 13.2 Å². The average Bonchev–Trinajstić information content (AvgIpc) is 3.64. The van der Waals surface area contributed by atoms with Gasteiger partial charge in [0.1, 0.15) is 10.9 Å². The minimum atomic E-state index is -4.63. The number of aryl methyl sites for hydroxylation is 1. The monoisotopic (exact) mass is 537 g/mol. The molecule has 2 aromatic heterocycles. The molecule has 0 spiro atoms. The topological polar surface area (TPSA) is 74.0 Å². The second-order valence-corrected chi connectivity index (χ2v) is 10.9. The van der Waals surface area contributed by atoms with Crippen molar-refractivity contribution >= 4 is 17.2 Å². The molecule has 1 N–H and O–H groups in total. The molecule has 196 valence electrons. The van der Waals surface area contributed by atoms with Crippen LogP contribution >= 0.6 is 11.3 Å². The van der Waals surface area contributed by atoms with Gasteiger partial charge in [0.2, 0.25) is 0 Å². The summed E-state index contributed by atoms with van der Waals surface area (Å²) in [6.07, 6.45) is -1.36. The maximum atomic E-state index is 14.0. The number of hydrogen-bond donors (Lipinski definition) is 1. The fraction of sp³-hybridized carbons (Fsp3) is 0.393. The van der Waals surface area contributed by atoms with Gasteiger partial charge >= 0.3 is 6.18 Å². The molecule has 0 bridgehead atoms. The van der Waals surface area contributed by atoms with E-state index in [-0.39, 0.29) is 18.0 Å². The Bertz CT molecular complexity index is 1480. The van der Waals surface area contributed by atoms with Crippen molar-refractivity contribution in [2.24, 2.45) is 0 Å². The number of rotatable bonds is 3. The number of hydrogen-bond acceptors (Lipinski definition) is 5. The van der Waals surface area contributed by atoms with Crippen molar-refractivity contribution in [2.75, 3.05) is 13.1 Å². The highest BCUT2D eigenvalue weighted by Crippen LogP contribution is 2.44. The van der Waals surface area contributed by atoms with Gasteiger partial charge in [-0.3, -0.25) is 9.48 Å². The van der Waals surface area contributed by atoms with E-state index in [2.05, 4.69) is 28.3 Å². The van der Waals surface area contributed by atoms with Crippen LogP contribution in [-0.2, 0) is 24.1 Å². The van der Waals surface area contributed by atoms with E-state index in [0.29, 0.717) is 29.1 Å². The Balaban J connectivity index is 1.58. The first-order valence-corrected chi connectivity index (χ1v) is 13.3. The van der Waals surface area contributed by atoms with Crippen LogP contribution in [-0.4, -0.2) is 39.2 Å². The first-order chi connectivity index (χ1) is 18.1. The number of nitrogens with zero attached hydrogens (tertiary/aromatic N) is 4. The number of thiophene rings is 1. The largest absolute Gasteiger partial charge is 0.435 e. The van der Waals surface area contributed by atoms with Gasteiger partial charge in [-0.05, 0) is 61.9 Å². The molecule has 1 saturated heterocycles. The van der Waals surface area contributed by atoms with Crippen molar-refractivity contribution in [3.63, 3.8) is 0 Å². The van der Waals surface area contributed by atoms with Gasteiger partial charge in [0, 0.05) is 35.6 Å². The average molecular weight is 538 g/mol. The van der Waals surface area contributed by atoms with Gasteiger partial charge in [0.15, 0.2) is 5.69 Å². The SMILES string of the molecule is CCn1cc(-c2ccccc2[C@@H]2CN(C(=O)C#C[C@@]3(C)CCCN3)Cc3sc(C#N)cc32)c(C(F)(F)F)n1. The third-order valence-electron chi connectivity index (χ3n) is 7.15. The van der Waals surface area contributed by atoms with E-state index in [1.54, 1.807) is 42.2 Å². The lowest BCUT2D eigenvalue weighted by Gasteiger charge is -2.33. The highest BCUT2D eigenvalue weighted by atomic mass is 32.1. The van der Waals surface area contributed by atoms with E-state index in [0.717, 1.165) is 29.8 Å². The summed E-state index contributed by atoms with van der Waals surface area (Å²) in [6.45, 7) is 5.40. The van der Waals surface area contributed by atoms with Crippen molar-refractivity contribution in [1.29, 1.82) is 5.26 Å². The molecule has 0 unspecified atom stereocenters. The second-order valence-electron chi connectivity index (χ2n) is 9.78. The van der Waals surface area contributed by atoms with Crippen LogP contribution in [0.15, 0.2) is 36.5 Å². The molecule has 2 atom stereocenters. The Kier molecular flexibility index (Phi) is 6.81. The van der Waals surface area contributed by atoms with Crippen molar-refractivity contribution in [3.8, 4) is 29.0 Å². The van der Waals surface area contributed by atoms with Crippen molar-refractivity contribution in [1.82, 2.24) is 20.0 Å². The smallest absolute Gasteiger partial charge is 0.326 e. The van der Waals surface area contributed by atoms with Crippen LogP contribution in [0.1, 0.15) is 59.2 Å². The number of alkyl halides is 3. The summed E-state index contributed by atoms with van der Waals surface area (Å²) in [6, 6.07) is 10.9. The molecule has 1 amide bonds. The molecule has 3 aromatic rings. The molecule has 0 saturated carbocycles. The normalized spacial score (nSPS) is 20.9. The van der Waals surface area contributed by atoms with Gasteiger partial charge in [0.05, 0.1) is 12.1 Å². The number of nitriles is 1. The van der Waals surface area contributed by atoms with Crippen LogP contribution in [0, 0.1) is 23.2 Å². The molecular formula is C28H26F3N5OS. The molecule has 0 aliphatic carbocycles. The number of benzene rings is 1. The number of nitrogens with one attached hydrogen (secondary N) is 1. The fourth-order valence-corrected chi connectivity index (χ4v) is 6.24. The first-order valence-electron chi connectivity index (χ1n) is 12.5. The summed E-state index contributed by atoms with van der Waals surface area (Å²) in [5, 5.41) is 16.7. The molecule has 0 radical (unpaired) electrons. The Labute approximate surface area is 223 Å². The van der Waals surface area contributed by atoms with Crippen molar-refractivity contribution in [2.45, 2.75) is 57.4 Å². The number of carbonyl (C=O) groups is 1. The first kappa shape index (κ1) is 26.0. The quantitative estimate of drug-likeness (QED) is 0.470. The molecule has 2 aliphatic heterocycles. The Morgan fingerprint density at radius 2 is 2.08 bits per heavy atom. The predicted molar refractivity (Wildman–Crippen MR) is 138 cm³/mol. The van der Waals surface area contributed by atoms with E-state index in [1.165, 1.54) is 22.2 Å². The zero-order chi connectivity index (χ0) is 27.1. The van der Waals surface area contributed by atoms with E-state index < -0.39 is 23.3 Å². The van der Waals surface area contributed by atoms with Crippen LogP contribution < -0.4 is 5.32 Å². The lowest BCUT2D eigenvalue weighted by molar-refractivity contribution is -0.141. The standard InChI is InChI=1S/C28H26F3N5OS/c1-3-36-16-23(26(34-36)28(29,30)31)20-8-5-4-7-19(20)22-15-35(17-24-21(22)13-18(14-32)38-24)25(37)9-11-27(2)10-6-12-33-27/h4-5,7-8,13,16,22,33H,3,6,10,12,15,17H2,1-2H3/t22-,27+/m0/s1. The molecule has 5 rings (SSSR count). The van der Waals surface area contributed by atoms with E-state index >= 15 is 0 Å². The van der Waals surface area contributed by atoms with Gasteiger partial charge in [-0.1, -0.05) is 30.2 Å². The summed E-state index contributed by atoms with van der Waals surface area (Å²) in [7, 11) is 0. The Hall–Kier alpha value is -3.60. The molecular weight excluding hydrogens is 511 g/mol. The van der Waals surface area contributed by atoms with Gasteiger partial charge in [0.25, 0.3) is 5.91 Å². The van der Waals surface area contributed by atoms with Gasteiger partial charge in [-0.2, -0.15) is 23.5 Å². The maximum Gasteiger partial charge on any atom is 0.435 e. The van der Waals surface area contributed by atoms with Crippen LogP contribution in [0.2, 0.25) is 0 Å². The lowest BCUT2D eigenvalue weighted by Crippen LogP contribution is -2.38. The third-order valence-corrected chi connectivity index (χ3v) is 8.19. The Morgan fingerprint density at radius 3 is 2.76 bits per heavy atom. The molecule has 4 heterocycles. The van der Waals surface area contributed by atoms with Crippen molar-refractivity contribution in [3.05, 3.63) is 63.1 Å². The molecule has 2 aliphatic rings. The van der Waals surface area contributed by atoms with Gasteiger partial charge in [-0.15, -0.1) is 11.3 Å². The molecule has 1 aromatic carbocycles. The number of amides is 1. The third kappa shape index (κ3) is 4.94. The predicted octanol–water partition coefficient (Wildman–Crippen LogP) is 5.14. The summed E-state index contributed by atoms with van der Waals surface area (Å²) < 4.78 is 43.2. The zero-order valence-electron chi connectivity index (χ0n) is 21.0. The number of halogens is 3. The van der Waals surface area contributed by atoms with Gasteiger partial charge < -0.3 is 10.2 Å². The molecule has 1 fully saturated rings.